The third-order valence-corrected chi connectivity index (χ3v) is 5.87. The van der Waals surface area contributed by atoms with Gasteiger partial charge in [0.15, 0.2) is 0 Å². The summed E-state index contributed by atoms with van der Waals surface area (Å²) in [6.07, 6.45) is 3.27. The molecule has 4 rings (SSSR count). The maximum Gasteiger partial charge on any atom is 0.324 e. The molecule has 1 aromatic carbocycles. The van der Waals surface area contributed by atoms with Crippen molar-refractivity contribution in [3.8, 4) is 0 Å². The molecule has 148 valence electrons. The summed E-state index contributed by atoms with van der Waals surface area (Å²) in [5.74, 6) is -2.37. The number of carbonyl (C=O) groups is 3. The number of fused-ring (bicyclic) bond motifs is 3. The second kappa shape index (κ2) is 7.39. The number of hydrogen-bond acceptors (Lipinski definition) is 6. The zero-order chi connectivity index (χ0) is 19.8. The fourth-order valence-corrected chi connectivity index (χ4v) is 4.92. The molecule has 3 aliphatic rings. The summed E-state index contributed by atoms with van der Waals surface area (Å²) >= 11 is 0. The van der Waals surface area contributed by atoms with E-state index in [0.29, 0.717) is 12.2 Å². The summed E-state index contributed by atoms with van der Waals surface area (Å²) in [7, 11) is 1.57. The molecule has 0 spiro atoms. The van der Waals surface area contributed by atoms with Gasteiger partial charge in [0.1, 0.15) is 6.04 Å². The average Bonchev–Trinajstić information content (AvgIpc) is 3.17. The quantitative estimate of drug-likeness (QED) is 0.447. The van der Waals surface area contributed by atoms with Gasteiger partial charge in [-0.2, -0.15) is 0 Å². The van der Waals surface area contributed by atoms with Crippen molar-refractivity contribution in [1.29, 1.82) is 0 Å². The first-order chi connectivity index (χ1) is 13.6. The van der Waals surface area contributed by atoms with Crippen LogP contribution in [0.1, 0.15) is 19.8 Å². The number of piperidine rings is 1. The van der Waals surface area contributed by atoms with Crippen LogP contribution in [0.2, 0.25) is 0 Å². The van der Waals surface area contributed by atoms with Crippen molar-refractivity contribution in [1.82, 2.24) is 4.90 Å². The van der Waals surface area contributed by atoms with Crippen LogP contribution in [0.3, 0.4) is 0 Å². The highest BCUT2D eigenvalue weighted by molar-refractivity contribution is 6.23. The Hall–Kier alpha value is -2.67. The van der Waals surface area contributed by atoms with E-state index >= 15 is 0 Å². The Morgan fingerprint density at radius 2 is 1.89 bits per heavy atom. The molecule has 2 amide bonds. The zero-order valence-electron chi connectivity index (χ0n) is 16.0. The van der Waals surface area contributed by atoms with Gasteiger partial charge < -0.3 is 9.47 Å². The van der Waals surface area contributed by atoms with Gasteiger partial charge in [-0.3, -0.25) is 19.3 Å². The van der Waals surface area contributed by atoms with Gasteiger partial charge in [0.05, 0.1) is 37.5 Å². The number of esters is 1. The highest BCUT2D eigenvalue weighted by Gasteiger charge is 2.65. The second-order valence-corrected chi connectivity index (χ2v) is 7.31. The molecule has 0 bridgehead atoms. The van der Waals surface area contributed by atoms with Crippen LogP contribution in [0.25, 0.3) is 0 Å². The first kappa shape index (κ1) is 18.7. The lowest BCUT2D eigenvalue weighted by Crippen LogP contribution is -2.51. The van der Waals surface area contributed by atoms with Crippen molar-refractivity contribution in [3.63, 3.8) is 0 Å². The molecule has 4 atom stereocenters. The Morgan fingerprint density at radius 3 is 2.57 bits per heavy atom. The number of amides is 2. The van der Waals surface area contributed by atoms with Gasteiger partial charge in [-0.15, -0.1) is 0 Å². The lowest BCUT2D eigenvalue weighted by Gasteiger charge is -2.37. The molecule has 28 heavy (non-hydrogen) atoms. The van der Waals surface area contributed by atoms with Gasteiger partial charge in [-0.05, 0) is 44.0 Å². The van der Waals surface area contributed by atoms with E-state index in [1.807, 2.05) is 11.0 Å². The van der Waals surface area contributed by atoms with E-state index in [1.165, 1.54) is 4.90 Å². The van der Waals surface area contributed by atoms with E-state index in [0.717, 1.165) is 18.4 Å². The fourth-order valence-electron chi connectivity index (χ4n) is 4.92. The Bertz CT molecular complexity index is 821. The molecular weight excluding hydrogens is 360 g/mol. The summed E-state index contributed by atoms with van der Waals surface area (Å²) in [6.45, 7) is 2.62. The van der Waals surface area contributed by atoms with E-state index < -0.39 is 23.8 Å². The number of nitrogens with zero attached hydrogens (tertiary/aromatic N) is 2. The Kier molecular flexibility index (Phi) is 4.93. The number of para-hydroxylation sites is 1. The number of anilines is 1. The van der Waals surface area contributed by atoms with Crippen molar-refractivity contribution in [3.05, 3.63) is 42.2 Å². The van der Waals surface area contributed by atoms with E-state index in [1.54, 1.807) is 44.6 Å². The van der Waals surface area contributed by atoms with Crippen molar-refractivity contribution < 1.29 is 23.9 Å². The summed E-state index contributed by atoms with van der Waals surface area (Å²) in [4.78, 5) is 42.7. The third-order valence-electron chi connectivity index (χ3n) is 5.87. The number of imide groups is 1. The molecule has 7 heteroatoms. The summed E-state index contributed by atoms with van der Waals surface area (Å²) in [5.41, 5.74) is 1.49. The number of methoxy groups -OCH3 is 1. The third kappa shape index (κ3) is 2.73. The van der Waals surface area contributed by atoms with E-state index in [9.17, 15) is 14.4 Å². The fraction of sp³-hybridized carbons (Fsp3) is 0.476. The average molecular weight is 384 g/mol. The van der Waals surface area contributed by atoms with Crippen LogP contribution < -0.4 is 4.90 Å². The van der Waals surface area contributed by atoms with Gasteiger partial charge >= 0.3 is 5.97 Å². The maximum absolute atomic E-state index is 13.4. The molecule has 3 aliphatic heterocycles. The number of rotatable bonds is 4. The summed E-state index contributed by atoms with van der Waals surface area (Å²) < 4.78 is 10.5. The maximum atomic E-state index is 13.4. The molecule has 3 saturated heterocycles. The van der Waals surface area contributed by atoms with Crippen molar-refractivity contribution in [2.45, 2.75) is 31.8 Å². The molecule has 0 aromatic heterocycles. The standard InChI is InChI=1S/C21H24N2O5/c1-3-28-21(26)18-16-15(17-13(12-27-2)8-7-11-22(17)18)19(24)23(20(16)25)14-9-5-4-6-10-14/h4-6,9-10,12,15-18H,3,7-8,11H2,1-2H3/b13-12+/t15-,16+,17-,18-/m1/s1. The van der Waals surface area contributed by atoms with Crippen LogP contribution in [0.15, 0.2) is 42.2 Å². The van der Waals surface area contributed by atoms with Gasteiger partial charge in [0.25, 0.3) is 0 Å². The minimum Gasteiger partial charge on any atom is -0.504 e. The Labute approximate surface area is 163 Å². The zero-order valence-corrected chi connectivity index (χ0v) is 16.0. The largest absolute Gasteiger partial charge is 0.504 e. The van der Waals surface area contributed by atoms with Gasteiger partial charge in [-0.1, -0.05) is 18.2 Å². The SMILES string of the molecule is CCOC(=O)[C@H]1[C@H]2C(=O)N(c3ccccc3)C(=O)[C@H]2[C@H]2/C(=C/OC)CCCN21. The van der Waals surface area contributed by atoms with Crippen LogP contribution in [0.4, 0.5) is 5.69 Å². The lowest BCUT2D eigenvalue weighted by molar-refractivity contribution is -0.152. The highest BCUT2D eigenvalue weighted by Crippen LogP contribution is 2.48. The molecule has 1 aromatic rings. The van der Waals surface area contributed by atoms with Crippen LogP contribution >= 0.6 is 0 Å². The summed E-state index contributed by atoms with van der Waals surface area (Å²) in [6, 6.07) is 7.81. The molecule has 0 radical (unpaired) electrons. The van der Waals surface area contributed by atoms with Crippen LogP contribution in [-0.2, 0) is 23.9 Å². The second-order valence-electron chi connectivity index (χ2n) is 7.31. The first-order valence-corrected chi connectivity index (χ1v) is 9.67. The molecule has 7 nitrogen and oxygen atoms in total. The summed E-state index contributed by atoms with van der Waals surface area (Å²) in [5, 5.41) is 0. The number of carbonyl (C=O) groups excluding carboxylic acids is 3. The van der Waals surface area contributed by atoms with Crippen LogP contribution in [-0.4, -0.2) is 55.0 Å². The van der Waals surface area contributed by atoms with Crippen molar-refractivity contribution in [2.75, 3.05) is 25.2 Å². The van der Waals surface area contributed by atoms with E-state index in [4.69, 9.17) is 9.47 Å². The van der Waals surface area contributed by atoms with E-state index in [-0.39, 0.29) is 24.5 Å². The van der Waals surface area contributed by atoms with Gasteiger partial charge in [0, 0.05) is 6.04 Å². The van der Waals surface area contributed by atoms with Gasteiger partial charge in [0.2, 0.25) is 11.8 Å². The minimum atomic E-state index is -0.749. The normalized spacial score (nSPS) is 31.1. The van der Waals surface area contributed by atoms with Crippen LogP contribution in [0, 0.1) is 11.8 Å². The highest BCUT2D eigenvalue weighted by atomic mass is 16.5. The molecular formula is C21H24N2O5. The molecule has 3 fully saturated rings. The molecule has 0 saturated carbocycles. The van der Waals surface area contributed by atoms with E-state index in [2.05, 4.69) is 0 Å². The number of hydrogen-bond donors (Lipinski definition) is 0. The topological polar surface area (TPSA) is 76.2 Å². The van der Waals surface area contributed by atoms with Gasteiger partial charge in [-0.25, -0.2) is 4.90 Å². The molecule has 0 unspecified atom stereocenters. The predicted octanol–water partition coefficient (Wildman–Crippen LogP) is 1.73. The molecule has 0 N–H and O–H groups in total. The minimum absolute atomic E-state index is 0.233. The monoisotopic (exact) mass is 384 g/mol. The molecule has 3 heterocycles. The number of ether oxygens (including phenoxy) is 2. The van der Waals surface area contributed by atoms with Crippen molar-refractivity contribution in [2.24, 2.45) is 11.8 Å². The van der Waals surface area contributed by atoms with Crippen molar-refractivity contribution >= 4 is 23.5 Å². The Morgan fingerprint density at radius 1 is 1.18 bits per heavy atom. The number of benzene rings is 1. The smallest absolute Gasteiger partial charge is 0.324 e. The predicted molar refractivity (Wildman–Crippen MR) is 101 cm³/mol. The molecule has 0 aliphatic carbocycles. The van der Waals surface area contributed by atoms with Crippen LogP contribution in [0.5, 0.6) is 0 Å². The lowest BCUT2D eigenvalue weighted by atomic mass is 9.84. The first-order valence-electron chi connectivity index (χ1n) is 9.67. The Balaban J connectivity index is 1.79.